The number of amides is 1. The second-order valence-corrected chi connectivity index (χ2v) is 8.03. The molecule has 0 spiro atoms. The Hall–Kier alpha value is -4.65. The van der Waals surface area contributed by atoms with Crippen LogP contribution in [0.1, 0.15) is 11.1 Å². The summed E-state index contributed by atoms with van der Waals surface area (Å²) in [4.78, 5) is 14.2. The number of rotatable bonds is 8. The van der Waals surface area contributed by atoms with Gasteiger partial charge in [0, 0.05) is 5.69 Å². The molecule has 0 saturated heterocycles. The van der Waals surface area contributed by atoms with Crippen molar-refractivity contribution in [1.82, 2.24) is 15.0 Å². The van der Waals surface area contributed by atoms with Crippen LogP contribution in [0.3, 0.4) is 0 Å². The van der Waals surface area contributed by atoms with Gasteiger partial charge in [-0.25, -0.2) is 0 Å². The Morgan fingerprint density at radius 1 is 0.800 bits per heavy atom. The minimum atomic E-state index is -0.107. The van der Waals surface area contributed by atoms with Crippen LogP contribution in [0.2, 0.25) is 0 Å². The number of methoxy groups -OCH3 is 1. The number of aromatic nitrogens is 3. The molecule has 174 valence electrons. The van der Waals surface area contributed by atoms with Crippen LogP contribution in [0.5, 0.6) is 11.5 Å². The van der Waals surface area contributed by atoms with E-state index in [4.69, 9.17) is 9.47 Å². The molecule has 0 saturated carbocycles. The average molecular weight is 465 g/mol. The Kier molecular flexibility index (Phi) is 6.39. The molecule has 4 aromatic carbocycles. The summed E-state index contributed by atoms with van der Waals surface area (Å²) in [7, 11) is 1.63. The van der Waals surface area contributed by atoms with Gasteiger partial charge in [-0.3, -0.25) is 4.79 Å². The first kappa shape index (κ1) is 22.2. The van der Waals surface area contributed by atoms with E-state index in [0.29, 0.717) is 17.8 Å². The van der Waals surface area contributed by atoms with Gasteiger partial charge in [-0.15, -0.1) is 10.2 Å². The van der Waals surface area contributed by atoms with Crippen molar-refractivity contribution in [3.8, 4) is 17.2 Å². The second-order valence-electron chi connectivity index (χ2n) is 8.03. The summed E-state index contributed by atoms with van der Waals surface area (Å²) in [6, 6.07) is 30.6. The van der Waals surface area contributed by atoms with Crippen molar-refractivity contribution >= 4 is 22.6 Å². The van der Waals surface area contributed by atoms with Gasteiger partial charge in [-0.05, 0) is 65.7 Å². The lowest BCUT2D eigenvalue weighted by molar-refractivity contribution is -0.115. The number of nitrogens with zero attached hydrogens (tertiary/aromatic N) is 3. The predicted molar refractivity (Wildman–Crippen MR) is 135 cm³/mol. The summed E-state index contributed by atoms with van der Waals surface area (Å²) >= 11 is 0. The van der Waals surface area contributed by atoms with Gasteiger partial charge in [0.05, 0.1) is 19.2 Å². The fraction of sp³-hybridized carbons (Fsp3) is 0.107. The summed E-state index contributed by atoms with van der Waals surface area (Å²) in [6.45, 7) is 0.506. The number of carbonyl (C=O) groups excluding carboxylic acids is 1. The summed E-state index contributed by atoms with van der Waals surface area (Å²) in [5.41, 5.74) is 4.94. The van der Waals surface area contributed by atoms with Gasteiger partial charge in [-0.1, -0.05) is 42.5 Å². The lowest BCUT2D eigenvalue weighted by atomic mass is 10.1. The second kappa shape index (κ2) is 10.1. The molecule has 5 rings (SSSR count). The average Bonchev–Trinajstić information content (AvgIpc) is 3.32. The monoisotopic (exact) mass is 464 g/mol. The van der Waals surface area contributed by atoms with E-state index in [9.17, 15) is 4.79 Å². The zero-order valence-corrected chi connectivity index (χ0v) is 19.2. The number of carbonyl (C=O) groups is 1. The zero-order valence-electron chi connectivity index (χ0n) is 19.2. The molecule has 0 unspecified atom stereocenters. The molecule has 1 heterocycles. The summed E-state index contributed by atoms with van der Waals surface area (Å²) in [5, 5.41) is 12.0. The number of benzene rings is 4. The van der Waals surface area contributed by atoms with Crippen molar-refractivity contribution in [3.05, 3.63) is 108 Å². The maximum atomic E-state index is 12.6. The molecule has 7 heteroatoms. The van der Waals surface area contributed by atoms with Crippen molar-refractivity contribution in [1.29, 1.82) is 0 Å². The predicted octanol–water partition coefficient (Wildman–Crippen LogP) is 5.19. The van der Waals surface area contributed by atoms with Crippen LogP contribution < -0.4 is 14.8 Å². The smallest absolute Gasteiger partial charge is 0.228 e. The molecule has 0 radical (unpaired) electrons. The number of hydrogen-bond acceptors (Lipinski definition) is 5. The van der Waals surface area contributed by atoms with E-state index < -0.39 is 0 Å². The molecular weight excluding hydrogens is 440 g/mol. The SMILES string of the molecule is COc1ccc(-n2nc3ccc(NC(=O)Cc4ccc(OCc5ccccc5)cc4)cc3n2)cc1. The first-order valence-corrected chi connectivity index (χ1v) is 11.2. The van der Waals surface area contributed by atoms with E-state index in [0.717, 1.165) is 33.8 Å². The van der Waals surface area contributed by atoms with Crippen molar-refractivity contribution in [2.45, 2.75) is 13.0 Å². The Bertz CT molecular complexity index is 1430. The minimum absolute atomic E-state index is 0.107. The van der Waals surface area contributed by atoms with Crippen LogP contribution in [-0.2, 0) is 17.8 Å². The van der Waals surface area contributed by atoms with Gasteiger partial charge >= 0.3 is 0 Å². The van der Waals surface area contributed by atoms with Gasteiger partial charge in [0.25, 0.3) is 0 Å². The number of ether oxygens (including phenoxy) is 2. The highest BCUT2D eigenvalue weighted by atomic mass is 16.5. The van der Waals surface area contributed by atoms with Crippen LogP contribution in [0.25, 0.3) is 16.7 Å². The third-order valence-electron chi connectivity index (χ3n) is 5.50. The molecule has 0 atom stereocenters. The Labute approximate surface area is 202 Å². The molecule has 5 aromatic rings. The van der Waals surface area contributed by atoms with E-state index in [2.05, 4.69) is 15.5 Å². The summed E-state index contributed by atoms with van der Waals surface area (Å²) in [6.07, 6.45) is 0.259. The molecule has 7 nitrogen and oxygen atoms in total. The van der Waals surface area contributed by atoms with E-state index in [1.165, 1.54) is 0 Å². The van der Waals surface area contributed by atoms with Crippen LogP contribution in [0, 0.1) is 0 Å². The third kappa shape index (κ3) is 5.47. The normalized spacial score (nSPS) is 10.8. The van der Waals surface area contributed by atoms with Gasteiger partial charge in [0.2, 0.25) is 5.91 Å². The van der Waals surface area contributed by atoms with Crippen molar-refractivity contribution in [2.75, 3.05) is 12.4 Å². The molecule has 0 aliphatic heterocycles. The fourth-order valence-corrected chi connectivity index (χ4v) is 3.66. The maximum Gasteiger partial charge on any atom is 0.228 e. The molecule has 1 aromatic heterocycles. The molecule has 0 fully saturated rings. The van der Waals surface area contributed by atoms with E-state index in [-0.39, 0.29) is 12.3 Å². The molecular formula is C28H24N4O3. The highest BCUT2D eigenvalue weighted by molar-refractivity contribution is 5.94. The number of fused-ring (bicyclic) bond motifs is 1. The molecule has 1 amide bonds. The molecule has 35 heavy (non-hydrogen) atoms. The number of anilines is 1. The molecule has 0 aliphatic carbocycles. The highest BCUT2D eigenvalue weighted by Crippen LogP contribution is 2.20. The zero-order chi connectivity index (χ0) is 24.0. The van der Waals surface area contributed by atoms with Crippen molar-refractivity contribution in [2.24, 2.45) is 0 Å². The standard InChI is InChI=1S/C28H24N4O3/c1-34-24-14-10-23(11-15-24)32-30-26-16-9-22(18-27(26)31-32)29-28(33)17-20-7-12-25(13-8-20)35-19-21-5-3-2-4-6-21/h2-16,18H,17,19H2,1H3,(H,29,33). The van der Waals surface area contributed by atoms with E-state index >= 15 is 0 Å². The Balaban J connectivity index is 1.19. The molecule has 1 N–H and O–H groups in total. The fourth-order valence-electron chi connectivity index (χ4n) is 3.66. The van der Waals surface area contributed by atoms with E-state index in [1.807, 2.05) is 97.1 Å². The van der Waals surface area contributed by atoms with Gasteiger partial charge in [-0.2, -0.15) is 4.80 Å². The summed E-state index contributed by atoms with van der Waals surface area (Å²) in [5.74, 6) is 1.43. The Morgan fingerprint density at radius 3 is 2.26 bits per heavy atom. The van der Waals surface area contributed by atoms with Crippen LogP contribution in [0.15, 0.2) is 97.1 Å². The van der Waals surface area contributed by atoms with Gasteiger partial charge in [0.1, 0.15) is 29.1 Å². The quantitative estimate of drug-likeness (QED) is 0.342. The Morgan fingerprint density at radius 2 is 1.51 bits per heavy atom. The molecule has 0 bridgehead atoms. The topological polar surface area (TPSA) is 78.3 Å². The van der Waals surface area contributed by atoms with Crippen molar-refractivity contribution in [3.63, 3.8) is 0 Å². The first-order chi connectivity index (χ1) is 17.2. The number of nitrogens with one attached hydrogen (secondary N) is 1. The summed E-state index contributed by atoms with van der Waals surface area (Å²) < 4.78 is 11.0. The van der Waals surface area contributed by atoms with Gasteiger partial charge in [0.15, 0.2) is 0 Å². The molecule has 0 aliphatic rings. The largest absolute Gasteiger partial charge is 0.497 e. The van der Waals surface area contributed by atoms with Gasteiger partial charge < -0.3 is 14.8 Å². The van der Waals surface area contributed by atoms with Crippen molar-refractivity contribution < 1.29 is 14.3 Å². The lowest BCUT2D eigenvalue weighted by Gasteiger charge is -2.08. The lowest BCUT2D eigenvalue weighted by Crippen LogP contribution is -2.14. The number of hydrogen-bond donors (Lipinski definition) is 1. The van der Waals surface area contributed by atoms with Crippen LogP contribution >= 0.6 is 0 Å². The van der Waals surface area contributed by atoms with E-state index in [1.54, 1.807) is 11.9 Å². The van der Waals surface area contributed by atoms with Crippen LogP contribution in [0.4, 0.5) is 5.69 Å². The highest BCUT2D eigenvalue weighted by Gasteiger charge is 2.09. The maximum absolute atomic E-state index is 12.6. The van der Waals surface area contributed by atoms with Crippen LogP contribution in [-0.4, -0.2) is 28.0 Å². The first-order valence-electron chi connectivity index (χ1n) is 11.2. The minimum Gasteiger partial charge on any atom is -0.497 e. The third-order valence-corrected chi connectivity index (χ3v) is 5.50.